The highest BCUT2D eigenvalue weighted by Crippen LogP contribution is 2.32. The maximum atomic E-state index is 12.6. The molecule has 7 nitrogen and oxygen atoms in total. The van der Waals surface area contributed by atoms with Crippen molar-refractivity contribution in [2.24, 2.45) is 5.92 Å². The third-order valence-corrected chi connectivity index (χ3v) is 5.06. The molecule has 0 spiro atoms. The molecule has 0 saturated carbocycles. The Balaban J connectivity index is 1.53. The Morgan fingerprint density at radius 2 is 1.92 bits per heavy atom. The first-order valence-corrected chi connectivity index (χ1v) is 9.30. The fourth-order valence-electron chi connectivity index (χ4n) is 3.47. The van der Waals surface area contributed by atoms with Gasteiger partial charge in [0, 0.05) is 24.6 Å². The Bertz CT molecular complexity index is 655. The molecule has 1 atom stereocenters. The lowest BCUT2D eigenvalue weighted by molar-refractivity contribution is -0.919. The number of ether oxygens (including phenoxy) is 3. The van der Waals surface area contributed by atoms with Crippen molar-refractivity contribution in [1.29, 1.82) is 0 Å². The number of rotatable bonds is 5. The summed E-state index contributed by atoms with van der Waals surface area (Å²) in [7, 11) is 0. The molecule has 26 heavy (non-hydrogen) atoms. The summed E-state index contributed by atoms with van der Waals surface area (Å²) in [4.78, 5) is 25.6. The van der Waals surface area contributed by atoms with Crippen molar-refractivity contribution in [3.05, 3.63) is 18.2 Å². The number of esters is 1. The summed E-state index contributed by atoms with van der Waals surface area (Å²) in [5.74, 6) is 1.18. The van der Waals surface area contributed by atoms with Gasteiger partial charge in [0.25, 0.3) is 5.91 Å². The Morgan fingerprint density at radius 1 is 1.23 bits per heavy atom. The summed E-state index contributed by atoms with van der Waals surface area (Å²) in [5.41, 5.74) is 0.701. The van der Waals surface area contributed by atoms with E-state index in [1.807, 2.05) is 26.0 Å². The van der Waals surface area contributed by atoms with Crippen LogP contribution in [0.3, 0.4) is 0 Å². The molecule has 1 amide bonds. The van der Waals surface area contributed by atoms with Gasteiger partial charge in [-0.15, -0.1) is 0 Å². The molecule has 3 rings (SSSR count). The highest BCUT2D eigenvalue weighted by Gasteiger charge is 2.33. The molecule has 1 saturated heterocycles. The van der Waals surface area contributed by atoms with Gasteiger partial charge in [-0.05, 0) is 26.0 Å². The number of benzene rings is 1. The third kappa shape index (κ3) is 4.27. The highest BCUT2D eigenvalue weighted by atomic mass is 16.6. The van der Waals surface area contributed by atoms with Crippen LogP contribution in [0.2, 0.25) is 0 Å². The minimum Gasteiger partial charge on any atom is -0.486 e. The average Bonchev–Trinajstić information content (AvgIpc) is 2.67. The summed E-state index contributed by atoms with van der Waals surface area (Å²) in [5, 5.41) is 2.96. The van der Waals surface area contributed by atoms with Crippen molar-refractivity contribution in [2.75, 3.05) is 38.2 Å². The molecule has 2 heterocycles. The molecule has 2 aliphatic rings. The van der Waals surface area contributed by atoms with Crippen molar-refractivity contribution >= 4 is 17.6 Å². The zero-order chi connectivity index (χ0) is 18.5. The van der Waals surface area contributed by atoms with Crippen LogP contribution in [0.5, 0.6) is 11.5 Å². The van der Waals surface area contributed by atoms with E-state index < -0.39 is 0 Å². The molecule has 1 fully saturated rings. The SMILES string of the molecule is CCOC(=O)C1CC[NH+]([C@H](C)C(=O)Nc2ccc3c(c2)OCCO3)CC1. The second kappa shape index (κ2) is 8.40. The smallest absolute Gasteiger partial charge is 0.309 e. The standard InChI is InChI=1S/C19H26N2O5/c1-3-24-19(23)14-6-8-21(9-7-14)13(2)18(22)20-15-4-5-16-17(12-15)26-11-10-25-16/h4-5,12-14H,3,6-11H2,1-2H3,(H,20,22)/p+1/t13-/m1/s1. The van der Waals surface area contributed by atoms with E-state index in [9.17, 15) is 9.59 Å². The van der Waals surface area contributed by atoms with Gasteiger partial charge in [-0.3, -0.25) is 9.59 Å². The zero-order valence-electron chi connectivity index (χ0n) is 15.4. The van der Waals surface area contributed by atoms with E-state index in [-0.39, 0.29) is 23.8 Å². The number of carbonyl (C=O) groups is 2. The Morgan fingerprint density at radius 3 is 2.62 bits per heavy atom. The Kier molecular flexibility index (Phi) is 5.98. The molecule has 7 heteroatoms. The highest BCUT2D eigenvalue weighted by molar-refractivity contribution is 5.94. The second-order valence-electron chi connectivity index (χ2n) is 6.75. The van der Waals surface area contributed by atoms with Crippen LogP contribution in [-0.4, -0.2) is 50.8 Å². The molecule has 2 N–H and O–H groups in total. The van der Waals surface area contributed by atoms with Gasteiger partial charge in [0.15, 0.2) is 17.5 Å². The maximum Gasteiger partial charge on any atom is 0.309 e. The van der Waals surface area contributed by atoms with Crippen molar-refractivity contribution in [3.63, 3.8) is 0 Å². The molecule has 1 aromatic rings. The van der Waals surface area contributed by atoms with E-state index >= 15 is 0 Å². The van der Waals surface area contributed by atoms with Crippen LogP contribution in [0, 0.1) is 5.92 Å². The van der Waals surface area contributed by atoms with Crippen molar-refractivity contribution in [1.82, 2.24) is 0 Å². The van der Waals surface area contributed by atoms with Gasteiger partial charge in [0.05, 0.1) is 25.6 Å². The molecule has 0 aromatic heterocycles. The number of piperidine rings is 1. The van der Waals surface area contributed by atoms with Crippen molar-refractivity contribution < 1.29 is 28.7 Å². The number of fused-ring (bicyclic) bond motifs is 1. The molecule has 0 bridgehead atoms. The van der Waals surface area contributed by atoms with E-state index in [2.05, 4.69) is 5.32 Å². The fraction of sp³-hybridized carbons (Fsp3) is 0.579. The average molecular weight is 363 g/mol. The second-order valence-corrected chi connectivity index (χ2v) is 6.75. The molecular formula is C19H27N2O5+. The van der Waals surface area contributed by atoms with Gasteiger partial charge in [0.1, 0.15) is 13.2 Å². The number of amides is 1. The van der Waals surface area contributed by atoms with Crippen LogP contribution in [0.25, 0.3) is 0 Å². The number of nitrogens with one attached hydrogen (secondary N) is 2. The van der Waals surface area contributed by atoms with Crippen LogP contribution >= 0.6 is 0 Å². The first-order chi connectivity index (χ1) is 12.6. The van der Waals surface area contributed by atoms with E-state index in [4.69, 9.17) is 14.2 Å². The minimum atomic E-state index is -0.189. The van der Waals surface area contributed by atoms with Gasteiger partial charge < -0.3 is 24.4 Å². The lowest BCUT2D eigenvalue weighted by Crippen LogP contribution is -3.17. The van der Waals surface area contributed by atoms with Gasteiger partial charge in [-0.1, -0.05) is 0 Å². The third-order valence-electron chi connectivity index (χ3n) is 5.06. The number of anilines is 1. The topological polar surface area (TPSA) is 78.3 Å². The fourth-order valence-corrected chi connectivity index (χ4v) is 3.47. The summed E-state index contributed by atoms with van der Waals surface area (Å²) in [6.07, 6.45) is 1.52. The molecule has 0 unspecified atom stereocenters. The lowest BCUT2D eigenvalue weighted by atomic mass is 9.96. The Labute approximate surface area is 153 Å². The molecular weight excluding hydrogens is 336 g/mol. The number of likely N-dealkylation sites (tertiary alicyclic amines) is 1. The molecule has 0 radical (unpaired) electrons. The lowest BCUT2D eigenvalue weighted by Gasteiger charge is -2.31. The minimum absolute atomic E-state index is 0.0354. The molecule has 142 valence electrons. The number of hydrogen-bond acceptors (Lipinski definition) is 5. The molecule has 0 aliphatic carbocycles. The van der Waals surface area contributed by atoms with E-state index in [1.54, 1.807) is 6.07 Å². The van der Waals surface area contributed by atoms with Crippen molar-refractivity contribution in [2.45, 2.75) is 32.7 Å². The van der Waals surface area contributed by atoms with Gasteiger partial charge in [0.2, 0.25) is 0 Å². The van der Waals surface area contributed by atoms with Gasteiger partial charge >= 0.3 is 5.97 Å². The predicted molar refractivity (Wildman–Crippen MR) is 95.6 cm³/mol. The van der Waals surface area contributed by atoms with Crippen LogP contribution in [0.4, 0.5) is 5.69 Å². The molecule has 1 aromatic carbocycles. The summed E-state index contributed by atoms with van der Waals surface area (Å²) in [6.45, 7) is 6.80. The first kappa shape index (κ1) is 18.5. The normalized spacial score (nSPS) is 23.0. The monoisotopic (exact) mass is 363 g/mol. The van der Waals surface area contributed by atoms with E-state index in [0.29, 0.717) is 37.0 Å². The van der Waals surface area contributed by atoms with E-state index in [0.717, 1.165) is 25.9 Å². The van der Waals surface area contributed by atoms with Crippen LogP contribution in [-0.2, 0) is 14.3 Å². The zero-order valence-corrected chi connectivity index (χ0v) is 15.4. The van der Waals surface area contributed by atoms with Crippen LogP contribution in [0.1, 0.15) is 26.7 Å². The van der Waals surface area contributed by atoms with Gasteiger partial charge in [-0.25, -0.2) is 0 Å². The largest absolute Gasteiger partial charge is 0.486 e. The first-order valence-electron chi connectivity index (χ1n) is 9.30. The number of hydrogen-bond donors (Lipinski definition) is 2. The van der Waals surface area contributed by atoms with Crippen LogP contribution < -0.4 is 19.7 Å². The molecule has 2 aliphatic heterocycles. The van der Waals surface area contributed by atoms with Gasteiger partial charge in [-0.2, -0.15) is 0 Å². The summed E-state index contributed by atoms with van der Waals surface area (Å²) in [6, 6.07) is 5.24. The van der Waals surface area contributed by atoms with E-state index in [1.165, 1.54) is 4.90 Å². The summed E-state index contributed by atoms with van der Waals surface area (Å²) < 4.78 is 16.1. The number of quaternary nitrogens is 1. The van der Waals surface area contributed by atoms with Crippen molar-refractivity contribution in [3.8, 4) is 11.5 Å². The summed E-state index contributed by atoms with van der Waals surface area (Å²) >= 11 is 0. The Hall–Kier alpha value is -2.28. The number of carbonyl (C=O) groups excluding carboxylic acids is 2. The van der Waals surface area contributed by atoms with Crippen LogP contribution in [0.15, 0.2) is 18.2 Å². The quantitative estimate of drug-likeness (QED) is 0.751. The maximum absolute atomic E-state index is 12.6. The predicted octanol–water partition coefficient (Wildman–Crippen LogP) is 0.643.